The number of aliphatic hydroxyl groups is 1. The number of carboxylic acid groups (broad SMARTS) is 1. The molecule has 0 spiro atoms. The molecule has 0 radical (unpaired) electrons. The number of rotatable bonds is 21. The summed E-state index contributed by atoms with van der Waals surface area (Å²) in [6.07, 6.45) is 5.04. The summed E-state index contributed by atoms with van der Waals surface area (Å²) in [6, 6.07) is 48.7. The molecule has 26 heteroatoms. The number of alkyl halides is 1. The number of hydrogen-bond donors (Lipinski definition) is 6. The fraction of sp³-hybridized carbons (Fsp3) is 0.393. The van der Waals surface area contributed by atoms with Crippen LogP contribution in [0.4, 0.5) is 0 Å². The molecule has 0 saturated heterocycles. The first-order valence-corrected chi connectivity index (χ1v) is 36.4. The van der Waals surface area contributed by atoms with E-state index in [0.29, 0.717) is 45.7 Å². The van der Waals surface area contributed by atoms with Gasteiger partial charge in [0.25, 0.3) is 6.47 Å². The Balaban J connectivity index is 0. The largest absolute Gasteiger partial charge is 0.508 e. The van der Waals surface area contributed by atoms with Crippen molar-refractivity contribution in [3.8, 4) is 17.2 Å². The molecule has 7 aromatic carbocycles. The van der Waals surface area contributed by atoms with Gasteiger partial charge in [-0.2, -0.15) is 0 Å². The summed E-state index contributed by atoms with van der Waals surface area (Å²) in [5.74, 6) is -1.05. The van der Waals surface area contributed by atoms with E-state index < -0.39 is 69.0 Å². The number of esters is 4. The van der Waals surface area contributed by atoms with Gasteiger partial charge in [0.1, 0.15) is 69.1 Å². The van der Waals surface area contributed by atoms with Crippen LogP contribution in [0.3, 0.4) is 0 Å². The van der Waals surface area contributed by atoms with Crippen LogP contribution in [0.5, 0.6) is 17.2 Å². The van der Waals surface area contributed by atoms with Crippen LogP contribution >= 0.6 is 63.1 Å². The third kappa shape index (κ3) is 46.2. The highest BCUT2D eigenvalue weighted by atomic mass is 79.9. The van der Waals surface area contributed by atoms with Crippen LogP contribution in [0.2, 0.25) is 15.1 Å². The molecule has 21 nitrogen and oxygen atoms in total. The fourth-order valence-corrected chi connectivity index (χ4v) is 8.83. The van der Waals surface area contributed by atoms with Gasteiger partial charge in [0.15, 0.2) is 5.54 Å². The monoisotopic (exact) mass is 1670 g/mol. The van der Waals surface area contributed by atoms with E-state index >= 15 is 0 Å². The number of carbonyl (C=O) groups is 7. The van der Waals surface area contributed by atoms with Crippen molar-refractivity contribution in [2.45, 2.75) is 207 Å². The summed E-state index contributed by atoms with van der Waals surface area (Å²) >= 11 is 20.6. The lowest BCUT2D eigenvalue weighted by molar-refractivity contribution is -0.161. The maximum atomic E-state index is 12.9. The van der Waals surface area contributed by atoms with Gasteiger partial charge in [0, 0.05) is 57.7 Å². The number of benzene rings is 7. The van der Waals surface area contributed by atoms with Crippen LogP contribution in [0.1, 0.15) is 174 Å². The van der Waals surface area contributed by atoms with Crippen LogP contribution < -0.4 is 26.7 Å². The highest BCUT2D eigenvalue weighted by molar-refractivity contribution is 9.08. The van der Waals surface area contributed by atoms with Gasteiger partial charge in [-0.1, -0.05) is 155 Å². The minimum absolute atomic E-state index is 0. The van der Waals surface area contributed by atoms with Crippen molar-refractivity contribution in [2.75, 3.05) is 7.11 Å². The van der Waals surface area contributed by atoms with Gasteiger partial charge in [-0.3, -0.25) is 34.0 Å². The summed E-state index contributed by atoms with van der Waals surface area (Å²) in [5.41, 5.74) is 18.4. The summed E-state index contributed by atoms with van der Waals surface area (Å²) in [7, 11) is 1.67. The molecule has 5 atom stereocenters. The average Bonchev–Trinajstić information content (AvgIpc) is 0.820. The number of ether oxygens (including phenoxy) is 6. The number of aldehydes is 1. The van der Waals surface area contributed by atoms with E-state index in [1.165, 1.54) is 24.6 Å². The smallest absolute Gasteiger partial charge is 0.334 e. The highest BCUT2D eigenvalue weighted by Crippen LogP contribution is 2.26. The topological polar surface area (TPSA) is 338 Å². The quantitative estimate of drug-likeness (QED) is 0.0128. The Morgan fingerprint density at radius 3 is 1.22 bits per heavy atom. The maximum absolute atomic E-state index is 12.9. The van der Waals surface area contributed by atoms with E-state index in [4.69, 9.17) is 95.7 Å². The number of phenolic OH excluding ortho intramolecular Hbond substituents is 1. The molecule has 0 aromatic heterocycles. The number of carboxylic acids is 1. The summed E-state index contributed by atoms with van der Waals surface area (Å²) in [5, 5.41) is 29.6. The van der Waals surface area contributed by atoms with Crippen LogP contribution in [0.15, 0.2) is 180 Å². The number of methoxy groups -OCH3 is 1. The number of nitrogens with zero attached hydrogens (tertiary/aromatic N) is 2. The summed E-state index contributed by atoms with van der Waals surface area (Å²) in [4.78, 5) is 87.4. The lowest BCUT2D eigenvalue weighted by Gasteiger charge is -2.28. The Bertz CT molecular complexity index is 3910. The first-order valence-electron chi connectivity index (χ1n) is 34.1. The van der Waals surface area contributed by atoms with Crippen LogP contribution in [0, 0.1) is 0 Å². The van der Waals surface area contributed by atoms with E-state index in [1.54, 1.807) is 132 Å². The number of halogens is 5. The van der Waals surface area contributed by atoms with Crippen molar-refractivity contribution in [3.05, 3.63) is 229 Å². The Morgan fingerprint density at radius 2 is 0.845 bits per heavy atom. The van der Waals surface area contributed by atoms with Crippen molar-refractivity contribution in [2.24, 2.45) is 27.2 Å². The molecule has 0 heterocycles. The third-order valence-electron chi connectivity index (χ3n) is 13.7. The molecule has 0 bridgehead atoms. The number of nitrogens with two attached hydrogens (primary N) is 3. The van der Waals surface area contributed by atoms with Crippen molar-refractivity contribution < 1.29 is 77.3 Å². The second-order valence-corrected chi connectivity index (χ2v) is 31.1. The molecule has 0 saturated carbocycles. The zero-order chi connectivity index (χ0) is 82.4. The first-order chi connectivity index (χ1) is 50.0. The number of aliphatic hydroxyl groups excluding tert-OH is 1. The molecule has 0 aliphatic heterocycles. The van der Waals surface area contributed by atoms with Crippen molar-refractivity contribution in [1.29, 1.82) is 0 Å². The van der Waals surface area contributed by atoms with Gasteiger partial charge in [-0.25, -0.2) is 9.59 Å². The molecule has 0 aliphatic carbocycles. The molecule has 0 aliphatic rings. The highest BCUT2D eigenvalue weighted by Gasteiger charge is 2.37. The molecule has 9 N–H and O–H groups in total. The van der Waals surface area contributed by atoms with Crippen LogP contribution in [-0.2, 0) is 78.9 Å². The Kier molecular flexibility index (Phi) is 46.7. The van der Waals surface area contributed by atoms with Gasteiger partial charge in [-0.05, 0) is 229 Å². The fourth-order valence-electron chi connectivity index (χ4n) is 8.08. The second kappa shape index (κ2) is 49.7. The Morgan fingerprint density at radius 1 is 0.491 bits per heavy atom. The summed E-state index contributed by atoms with van der Waals surface area (Å²) < 4.78 is 30.9. The molecule has 604 valence electrons. The van der Waals surface area contributed by atoms with E-state index in [-0.39, 0.29) is 50.5 Å². The predicted octanol–water partition coefficient (Wildman–Crippen LogP) is 17.1. The number of carbonyl (C=O) groups excluding carboxylic acids is 6. The molecule has 7 rings (SSSR count). The molecular formula is C84H112BrCl4N5O16. The average molecular weight is 1670 g/mol. The Hall–Kier alpha value is -8.55. The lowest BCUT2D eigenvalue weighted by atomic mass is 9.93. The minimum atomic E-state index is -1.27. The molecular weight excluding hydrogens is 1560 g/mol. The first kappa shape index (κ1) is 104. The number of hydrogen-bond acceptors (Lipinski definition) is 20. The van der Waals surface area contributed by atoms with Gasteiger partial charge >= 0.3 is 29.8 Å². The maximum Gasteiger partial charge on any atom is 0.334 e. The van der Waals surface area contributed by atoms with Gasteiger partial charge in [0.05, 0.1) is 13.7 Å². The van der Waals surface area contributed by atoms with Crippen molar-refractivity contribution in [3.63, 3.8) is 0 Å². The van der Waals surface area contributed by atoms with E-state index in [9.17, 15) is 33.6 Å². The van der Waals surface area contributed by atoms with E-state index in [2.05, 4.69) is 25.9 Å². The van der Waals surface area contributed by atoms with Gasteiger partial charge < -0.3 is 60.9 Å². The second-order valence-electron chi connectivity index (χ2n) is 29.3. The number of aliphatic imine (C=N–C) groups is 2. The number of aliphatic carboxylic acids is 1. The van der Waals surface area contributed by atoms with Gasteiger partial charge in [0.2, 0.25) is 0 Å². The van der Waals surface area contributed by atoms with Gasteiger partial charge in [-0.15, -0.1) is 12.4 Å². The zero-order valence-corrected chi connectivity index (χ0v) is 70.0. The summed E-state index contributed by atoms with van der Waals surface area (Å²) in [6.45, 7) is 30.4. The molecule has 110 heavy (non-hydrogen) atoms. The minimum Gasteiger partial charge on any atom is -0.508 e. The SMILES string of the molecule is C.CC(C)(C)OC(=O)[C@@](C)(N)Cc1ccc(CO)cc1.CC(C)(C)OC(=O)[C@](C)(Cc1ccc(OC=O)cc1)N=Cc1ccc(Cl)cc1.COc1ccc(CBr)cc1.C[C@H](N)C(=O)OC(C)(C)C.C[C@H](N=Cc1ccc(Cl)cc1)C(=O)OC(C)(C)C.C[C@](N)(Cc1ccc(O)cc1)C(=O)O.Cl.O=Cc1ccc(Cl)cc1. The number of phenols is 1. The van der Waals surface area contributed by atoms with Crippen LogP contribution in [0.25, 0.3) is 0 Å². The van der Waals surface area contributed by atoms with E-state index in [1.807, 2.05) is 156 Å². The predicted molar refractivity (Wildman–Crippen MR) is 447 cm³/mol. The lowest BCUT2D eigenvalue weighted by Crippen LogP contribution is -2.50. The molecule has 0 unspecified atom stereocenters. The standard InChI is InChI=1S/C22H24ClNO4.C15H23NO3.C14H18ClNO2.C10H13NO3.C8H9BrO.C7H5ClO.C7H15NO2.CH4.ClH/c1-21(2,3)28-20(26)22(4,24-14-17-5-9-18(23)10-6-17)13-16-7-11-19(12-8-16)27-15-25;1-14(2,3)19-13(18)15(4,16)9-11-5-7-12(10-17)8-6-11;1-10(13(17)18-14(2,3)4)16-9-11-5-7-12(15)8-6-11;1-10(11,9(13)14)6-7-2-4-8(12)5-3-7;1-10-8-4-2-7(6-9)3-5-8;8-7-3-1-6(5-9)2-4-7;1-5(8)6(9)10-7(2,3)4;;/h5-12,14-15H,13H2,1-4H3;5-8,17H,9-10,16H2,1-4H3;5-10H,1-4H3;2-5,12H,6,11H2,1H3,(H,13,14);2-5H,6H2,1H3;1-5H;5H,8H2,1-4H3;1H4;1H/t22-;15-;2*10-;;;5-;;/m0000..0../s1. The van der Waals surface area contributed by atoms with Crippen molar-refractivity contribution in [1.82, 2.24) is 0 Å². The Labute approximate surface area is 679 Å². The van der Waals surface area contributed by atoms with E-state index in [0.717, 1.165) is 50.7 Å². The van der Waals surface area contributed by atoms with Crippen LogP contribution in [-0.4, -0.2) is 129 Å². The molecule has 7 aromatic rings. The normalized spacial score (nSPS) is 13.1. The third-order valence-corrected chi connectivity index (χ3v) is 15.1. The van der Waals surface area contributed by atoms with Crippen molar-refractivity contribution >= 4 is 118 Å². The molecule has 0 amide bonds. The molecule has 0 fully saturated rings. The number of aromatic hydroxyl groups is 1. The zero-order valence-electron chi connectivity index (χ0n) is 65.4.